The van der Waals surface area contributed by atoms with Gasteiger partial charge in [0, 0.05) is 18.7 Å². The first-order valence-electron chi connectivity index (χ1n) is 8.23. The number of hydrogen-bond acceptors (Lipinski definition) is 4. The minimum atomic E-state index is -0.151. The third-order valence-electron chi connectivity index (χ3n) is 4.40. The van der Waals surface area contributed by atoms with Gasteiger partial charge in [0.25, 0.3) is 5.91 Å². The summed E-state index contributed by atoms with van der Waals surface area (Å²) in [5.41, 5.74) is 2.73. The molecule has 0 atom stereocenters. The van der Waals surface area contributed by atoms with Gasteiger partial charge in [0.05, 0.1) is 0 Å². The van der Waals surface area contributed by atoms with Crippen LogP contribution in [-0.2, 0) is 17.8 Å². The molecule has 0 unspecified atom stereocenters. The Kier molecular flexibility index (Phi) is 4.01. The monoisotopic (exact) mass is 338 g/mol. The Balaban J connectivity index is 1.27. The van der Waals surface area contributed by atoms with Crippen molar-refractivity contribution in [2.45, 2.75) is 13.0 Å². The fraction of sp³-hybridized carbons (Fsp3) is 0.263. The highest BCUT2D eigenvalue weighted by Crippen LogP contribution is 2.32. The molecular formula is C19H18N2O4. The van der Waals surface area contributed by atoms with Gasteiger partial charge in [0.1, 0.15) is 6.54 Å². The second kappa shape index (κ2) is 6.47. The third-order valence-corrected chi connectivity index (χ3v) is 4.40. The summed E-state index contributed by atoms with van der Waals surface area (Å²) in [5, 5.41) is 2.87. The second-order valence-corrected chi connectivity index (χ2v) is 6.11. The molecule has 0 aliphatic carbocycles. The maximum Gasteiger partial charge on any atom is 0.254 e. The lowest BCUT2D eigenvalue weighted by Gasteiger charge is -2.15. The Labute approximate surface area is 145 Å². The van der Waals surface area contributed by atoms with Crippen molar-refractivity contribution in [1.29, 1.82) is 0 Å². The summed E-state index contributed by atoms with van der Waals surface area (Å²) in [6.07, 6.45) is 0.691. The zero-order valence-electron chi connectivity index (χ0n) is 13.7. The van der Waals surface area contributed by atoms with E-state index >= 15 is 0 Å². The standard InChI is InChI=1S/C19H18N2O4/c22-18(11-21-10-14-3-1-2-4-15(14)19(21)23)20-8-7-13-5-6-16-17(9-13)25-12-24-16/h1-6,9H,7-8,10-12H2,(H,20,22). The van der Waals surface area contributed by atoms with Gasteiger partial charge in [-0.2, -0.15) is 0 Å². The maximum atomic E-state index is 12.3. The highest BCUT2D eigenvalue weighted by Gasteiger charge is 2.28. The largest absolute Gasteiger partial charge is 0.454 e. The molecule has 0 radical (unpaired) electrons. The summed E-state index contributed by atoms with van der Waals surface area (Å²) in [7, 11) is 0. The van der Waals surface area contributed by atoms with Crippen LogP contribution in [0.3, 0.4) is 0 Å². The zero-order chi connectivity index (χ0) is 17.2. The van der Waals surface area contributed by atoms with Crippen LogP contribution in [0.1, 0.15) is 21.5 Å². The average Bonchev–Trinajstić information content (AvgIpc) is 3.20. The van der Waals surface area contributed by atoms with Crippen LogP contribution in [0.4, 0.5) is 0 Å². The Morgan fingerprint density at radius 2 is 1.96 bits per heavy atom. The summed E-state index contributed by atoms with van der Waals surface area (Å²) in [4.78, 5) is 25.9. The van der Waals surface area contributed by atoms with Crippen molar-refractivity contribution in [2.75, 3.05) is 19.9 Å². The van der Waals surface area contributed by atoms with E-state index in [-0.39, 0.29) is 25.2 Å². The predicted octanol–water partition coefficient (Wildman–Crippen LogP) is 1.73. The highest BCUT2D eigenvalue weighted by molar-refractivity contribution is 6.00. The number of amides is 2. The van der Waals surface area contributed by atoms with E-state index in [9.17, 15) is 9.59 Å². The number of nitrogens with zero attached hydrogens (tertiary/aromatic N) is 1. The van der Waals surface area contributed by atoms with Crippen molar-refractivity contribution in [3.8, 4) is 11.5 Å². The van der Waals surface area contributed by atoms with Crippen LogP contribution in [0.5, 0.6) is 11.5 Å². The van der Waals surface area contributed by atoms with E-state index in [1.807, 2.05) is 36.4 Å². The molecule has 128 valence electrons. The zero-order valence-corrected chi connectivity index (χ0v) is 13.7. The van der Waals surface area contributed by atoms with E-state index in [0.29, 0.717) is 25.1 Å². The normalized spacial score (nSPS) is 14.6. The number of rotatable bonds is 5. The van der Waals surface area contributed by atoms with Gasteiger partial charge in [-0.1, -0.05) is 24.3 Å². The number of carbonyl (C=O) groups is 2. The Hall–Kier alpha value is -3.02. The van der Waals surface area contributed by atoms with Crippen molar-refractivity contribution in [3.05, 3.63) is 59.2 Å². The van der Waals surface area contributed by atoms with Crippen LogP contribution >= 0.6 is 0 Å². The van der Waals surface area contributed by atoms with Crippen molar-refractivity contribution in [3.63, 3.8) is 0 Å². The first kappa shape index (κ1) is 15.5. The van der Waals surface area contributed by atoms with Crippen LogP contribution in [0.25, 0.3) is 0 Å². The lowest BCUT2D eigenvalue weighted by molar-refractivity contribution is -0.121. The van der Waals surface area contributed by atoms with E-state index in [4.69, 9.17) is 9.47 Å². The molecule has 6 nitrogen and oxygen atoms in total. The molecular weight excluding hydrogens is 320 g/mol. The van der Waals surface area contributed by atoms with Crippen molar-refractivity contribution in [2.24, 2.45) is 0 Å². The minimum Gasteiger partial charge on any atom is -0.454 e. The quantitative estimate of drug-likeness (QED) is 0.902. The molecule has 1 N–H and O–H groups in total. The number of benzene rings is 2. The summed E-state index contributed by atoms with van der Waals surface area (Å²) in [6.45, 7) is 1.33. The fourth-order valence-electron chi connectivity index (χ4n) is 3.11. The molecule has 0 aromatic heterocycles. The Bertz CT molecular complexity index is 834. The van der Waals surface area contributed by atoms with Gasteiger partial charge in [-0.25, -0.2) is 0 Å². The molecule has 0 saturated heterocycles. The van der Waals surface area contributed by atoms with E-state index in [1.54, 1.807) is 11.0 Å². The maximum absolute atomic E-state index is 12.3. The highest BCUT2D eigenvalue weighted by atomic mass is 16.7. The van der Waals surface area contributed by atoms with Gasteiger partial charge >= 0.3 is 0 Å². The van der Waals surface area contributed by atoms with Crippen LogP contribution in [0.2, 0.25) is 0 Å². The lowest BCUT2D eigenvalue weighted by Crippen LogP contribution is -2.38. The smallest absolute Gasteiger partial charge is 0.254 e. The number of nitrogens with one attached hydrogen (secondary N) is 1. The molecule has 2 aromatic rings. The molecule has 0 fully saturated rings. The molecule has 2 aliphatic heterocycles. The van der Waals surface area contributed by atoms with Gasteiger partial charge in [0.2, 0.25) is 12.7 Å². The molecule has 2 heterocycles. The molecule has 2 aliphatic rings. The third kappa shape index (κ3) is 3.15. The topological polar surface area (TPSA) is 67.9 Å². The van der Waals surface area contributed by atoms with Crippen LogP contribution in [0.15, 0.2) is 42.5 Å². The molecule has 0 saturated carbocycles. The molecule has 4 rings (SSSR count). The first-order valence-corrected chi connectivity index (χ1v) is 8.23. The van der Waals surface area contributed by atoms with Crippen LogP contribution in [0, 0.1) is 0 Å². The number of carbonyl (C=O) groups excluding carboxylic acids is 2. The van der Waals surface area contributed by atoms with Gasteiger partial charge in [0.15, 0.2) is 11.5 Å². The average molecular weight is 338 g/mol. The van der Waals surface area contributed by atoms with Crippen LogP contribution < -0.4 is 14.8 Å². The van der Waals surface area contributed by atoms with E-state index < -0.39 is 0 Å². The van der Waals surface area contributed by atoms with Gasteiger partial charge in [-0.15, -0.1) is 0 Å². The van der Waals surface area contributed by atoms with E-state index in [0.717, 1.165) is 22.6 Å². The molecule has 2 amide bonds. The predicted molar refractivity (Wildman–Crippen MR) is 90.5 cm³/mol. The SMILES string of the molecule is O=C(CN1Cc2ccccc2C1=O)NCCc1ccc2c(c1)OCO2. The van der Waals surface area contributed by atoms with Gasteiger partial charge in [-0.05, 0) is 35.7 Å². The molecule has 2 aromatic carbocycles. The summed E-state index contributed by atoms with van der Waals surface area (Å²) in [5.74, 6) is 1.26. The van der Waals surface area contributed by atoms with Gasteiger partial charge in [-0.3, -0.25) is 9.59 Å². The number of hydrogen-bond donors (Lipinski definition) is 1. The Morgan fingerprint density at radius 3 is 2.84 bits per heavy atom. The number of ether oxygens (including phenoxy) is 2. The minimum absolute atomic E-state index is 0.0780. The first-order chi connectivity index (χ1) is 12.2. The molecule has 6 heteroatoms. The number of fused-ring (bicyclic) bond motifs is 2. The van der Waals surface area contributed by atoms with Crippen molar-refractivity contribution in [1.82, 2.24) is 10.2 Å². The fourth-order valence-corrected chi connectivity index (χ4v) is 3.11. The van der Waals surface area contributed by atoms with Crippen LogP contribution in [-0.4, -0.2) is 36.6 Å². The molecule has 0 spiro atoms. The lowest BCUT2D eigenvalue weighted by atomic mass is 10.1. The Morgan fingerprint density at radius 1 is 1.12 bits per heavy atom. The summed E-state index contributed by atoms with van der Waals surface area (Å²) < 4.78 is 10.6. The summed E-state index contributed by atoms with van der Waals surface area (Å²) >= 11 is 0. The summed E-state index contributed by atoms with van der Waals surface area (Å²) in [6, 6.07) is 13.2. The van der Waals surface area contributed by atoms with Gasteiger partial charge < -0.3 is 19.7 Å². The molecule has 0 bridgehead atoms. The van der Waals surface area contributed by atoms with E-state index in [1.165, 1.54) is 0 Å². The van der Waals surface area contributed by atoms with Crippen molar-refractivity contribution >= 4 is 11.8 Å². The second-order valence-electron chi connectivity index (χ2n) is 6.11. The van der Waals surface area contributed by atoms with Crippen molar-refractivity contribution < 1.29 is 19.1 Å². The van der Waals surface area contributed by atoms with E-state index in [2.05, 4.69) is 5.32 Å². The molecule has 25 heavy (non-hydrogen) atoms.